The Morgan fingerprint density at radius 2 is 2.50 bits per heavy atom. The van der Waals surface area contributed by atoms with Gasteiger partial charge in [0.15, 0.2) is 0 Å². The number of nitrogens with zero attached hydrogens (tertiary/aromatic N) is 3. The SMILES string of the molecule is Cn1cc([C@@]2(C)CN(C(=O)[C@H]3CSCN3)CCO2)cn1. The topological polar surface area (TPSA) is 59.4 Å². The van der Waals surface area contributed by atoms with Crippen molar-refractivity contribution in [3.8, 4) is 0 Å². The maximum atomic E-state index is 12.5. The number of morpholine rings is 1. The minimum Gasteiger partial charge on any atom is -0.367 e. The third-order valence-corrected chi connectivity index (χ3v) is 4.86. The van der Waals surface area contributed by atoms with Gasteiger partial charge in [0.2, 0.25) is 5.91 Å². The number of nitrogens with one attached hydrogen (secondary N) is 1. The first-order valence-corrected chi connectivity index (χ1v) is 7.97. The molecule has 2 aliphatic rings. The van der Waals surface area contributed by atoms with E-state index in [1.54, 1.807) is 16.4 Å². The van der Waals surface area contributed by atoms with Crippen molar-refractivity contribution in [2.45, 2.75) is 18.6 Å². The van der Waals surface area contributed by atoms with Crippen LogP contribution in [0.5, 0.6) is 0 Å². The van der Waals surface area contributed by atoms with Gasteiger partial charge in [-0.15, -0.1) is 11.8 Å². The fraction of sp³-hybridized carbons (Fsp3) is 0.692. The highest BCUT2D eigenvalue weighted by Gasteiger charge is 2.38. The van der Waals surface area contributed by atoms with Gasteiger partial charge in [-0.2, -0.15) is 5.10 Å². The number of amides is 1. The number of aryl methyl sites for hydroxylation is 1. The number of aromatic nitrogens is 2. The molecule has 2 atom stereocenters. The van der Waals surface area contributed by atoms with Gasteiger partial charge in [0.25, 0.3) is 0 Å². The summed E-state index contributed by atoms with van der Waals surface area (Å²) in [6.07, 6.45) is 3.77. The molecule has 3 rings (SSSR count). The Bertz CT molecular complexity index is 500. The fourth-order valence-corrected chi connectivity index (χ4v) is 3.63. The Morgan fingerprint density at radius 3 is 3.15 bits per heavy atom. The van der Waals surface area contributed by atoms with Crippen LogP contribution < -0.4 is 5.32 Å². The Kier molecular flexibility index (Phi) is 3.74. The molecule has 2 fully saturated rings. The first kappa shape index (κ1) is 13.9. The molecule has 1 aromatic heterocycles. The molecule has 0 aromatic carbocycles. The molecule has 3 heterocycles. The molecule has 20 heavy (non-hydrogen) atoms. The van der Waals surface area contributed by atoms with E-state index in [-0.39, 0.29) is 11.9 Å². The summed E-state index contributed by atoms with van der Waals surface area (Å²) in [5.74, 6) is 1.91. The molecule has 0 saturated carbocycles. The standard InChI is InChI=1S/C13H20N4O2S/c1-13(10-5-15-16(2)6-10)8-17(3-4-19-13)12(18)11-7-20-9-14-11/h5-6,11,14H,3-4,7-9H2,1-2H3/t11-,13-/m1/s1. The van der Waals surface area contributed by atoms with E-state index in [1.807, 2.05) is 31.3 Å². The van der Waals surface area contributed by atoms with Gasteiger partial charge in [0.1, 0.15) is 5.60 Å². The van der Waals surface area contributed by atoms with Crippen LogP contribution >= 0.6 is 11.8 Å². The van der Waals surface area contributed by atoms with E-state index in [1.165, 1.54) is 0 Å². The predicted molar refractivity (Wildman–Crippen MR) is 77.3 cm³/mol. The molecule has 0 spiro atoms. The van der Waals surface area contributed by atoms with Crippen molar-refractivity contribution in [3.63, 3.8) is 0 Å². The summed E-state index contributed by atoms with van der Waals surface area (Å²) in [5.41, 5.74) is 0.555. The average molecular weight is 296 g/mol. The van der Waals surface area contributed by atoms with Crippen molar-refractivity contribution in [2.24, 2.45) is 7.05 Å². The predicted octanol–water partition coefficient (Wildman–Crippen LogP) is 0.157. The van der Waals surface area contributed by atoms with Crippen LogP contribution in [-0.4, -0.2) is 58.0 Å². The summed E-state index contributed by atoms with van der Waals surface area (Å²) in [4.78, 5) is 14.4. The van der Waals surface area contributed by atoms with E-state index >= 15 is 0 Å². The highest BCUT2D eigenvalue weighted by Crippen LogP contribution is 2.29. The maximum absolute atomic E-state index is 12.5. The van der Waals surface area contributed by atoms with Crippen LogP contribution in [0.25, 0.3) is 0 Å². The molecule has 2 saturated heterocycles. The van der Waals surface area contributed by atoms with Gasteiger partial charge in [-0.25, -0.2) is 0 Å². The van der Waals surface area contributed by atoms with Crippen LogP contribution in [0.1, 0.15) is 12.5 Å². The number of hydrogen-bond acceptors (Lipinski definition) is 5. The average Bonchev–Trinajstić information content (AvgIpc) is 3.09. The Hall–Kier alpha value is -1.05. The van der Waals surface area contributed by atoms with Gasteiger partial charge in [-0.05, 0) is 6.92 Å². The van der Waals surface area contributed by atoms with Crippen molar-refractivity contribution in [1.29, 1.82) is 0 Å². The molecule has 6 nitrogen and oxygen atoms in total. The number of ether oxygens (including phenoxy) is 1. The maximum Gasteiger partial charge on any atom is 0.240 e. The lowest BCUT2D eigenvalue weighted by Gasteiger charge is -2.40. The van der Waals surface area contributed by atoms with Gasteiger partial charge in [-0.3, -0.25) is 14.8 Å². The molecule has 110 valence electrons. The molecular formula is C13H20N4O2S. The van der Waals surface area contributed by atoms with Crippen molar-refractivity contribution < 1.29 is 9.53 Å². The summed E-state index contributed by atoms with van der Waals surface area (Å²) in [6.45, 7) is 3.84. The summed E-state index contributed by atoms with van der Waals surface area (Å²) >= 11 is 1.77. The van der Waals surface area contributed by atoms with Gasteiger partial charge in [0, 0.05) is 37.0 Å². The van der Waals surface area contributed by atoms with Crippen LogP contribution in [0.4, 0.5) is 0 Å². The molecule has 1 aromatic rings. The zero-order chi connectivity index (χ0) is 14.2. The Balaban J connectivity index is 1.74. The lowest BCUT2D eigenvalue weighted by molar-refractivity contribution is -0.151. The van der Waals surface area contributed by atoms with E-state index in [2.05, 4.69) is 10.4 Å². The van der Waals surface area contributed by atoms with Crippen LogP contribution in [0.15, 0.2) is 12.4 Å². The van der Waals surface area contributed by atoms with Gasteiger partial charge in [-0.1, -0.05) is 0 Å². The fourth-order valence-electron chi connectivity index (χ4n) is 2.70. The van der Waals surface area contributed by atoms with Crippen molar-refractivity contribution in [1.82, 2.24) is 20.0 Å². The highest BCUT2D eigenvalue weighted by atomic mass is 32.2. The molecule has 7 heteroatoms. The summed E-state index contributed by atoms with van der Waals surface area (Å²) in [7, 11) is 1.89. The third-order valence-electron chi connectivity index (χ3n) is 3.92. The first-order chi connectivity index (χ1) is 9.58. The van der Waals surface area contributed by atoms with E-state index in [0.717, 1.165) is 17.2 Å². The molecule has 0 bridgehead atoms. The minimum absolute atomic E-state index is 0.0451. The Labute approximate surface area is 122 Å². The number of thioether (sulfide) groups is 1. The van der Waals surface area contributed by atoms with E-state index in [4.69, 9.17) is 4.74 Å². The van der Waals surface area contributed by atoms with E-state index < -0.39 is 5.60 Å². The number of rotatable bonds is 2. The Morgan fingerprint density at radius 1 is 1.65 bits per heavy atom. The largest absolute Gasteiger partial charge is 0.367 e. The van der Waals surface area contributed by atoms with Crippen molar-refractivity contribution in [2.75, 3.05) is 31.3 Å². The molecular weight excluding hydrogens is 276 g/mol. The molecule has 1 N–H and O–H groups in total. The highest BCUT2D eigenvalue weighted by molar-refractivity contribution is 7.99. The third kappa shape index (κ3) is 2.57. The van der Waals surface area contributed by atoms with E-state index in [9.17, 15) is 4.79 Å². The zero-order valence-electron chi connectivity index (χ0n) is 11.8. The number of hydrogen-bond donors (Lipinski definition) is 1. The van der Waals surface area contributed by atoms with Crippen LogP contribution in [0, 0.1) is 0 Å². The quantitative estimate of drug-likeness (QED) is 0.842. The lowest BCUT2D eigenvalue weighted by atomic mass is 9.96. The second kappa shape index (κ2) is 5.38. The van der Waals surface area contributed by atoms with Crippen molar-refractivity contribution in [3.05, 3.63) is 18.0 Å². The zero-order valence-corrected chi connectivity index (χ0v) is 12.7. The van der Waals surface area contributed by atoms with E-state index in [0.29, 0.717) is 19.7 Å². The first-order valence-electron chi connectivity index (χ1n) is 6.81. The molecule has 2 aliphatic heterocycles. The smallest absolute Gasteiger partial charge is 0.240 e. The molecule has 0 aliphatic carbocycles. The molecule has 1 amide bonds. The van der Waals surface area contributed by atoms with Crippen LogP contribution in [-0.2, 0) is 22.2 Å². The van der Waals surface area contributed by atoms with Crippen molar-refractivity contribution >= 4 is 17.7 Å². The molecule has 0 unspecified atom stereocenters. The number of carbonyl (C=O) groups excluding carboxylic acids is 1. The molecule has 0 radical (unpaired) electrons. The van der Waals surface area contributed by atoms with Gasteiger partial charge >= 0.3 is 0 Å². The monoisotopic (exact) mass is 296 g/mol. The summed E-state index contributed by atoms with van der Waals surface area (Å²) < 4.78 is 7.70. The summed E-state index contributed by atoms with van der Waals surface area (Å²) in [5, 5.41) is 7.44. The second-order valence-corrected chi connectivity index (χ2v) is 6.54. The van der Waals surface area contributed by atoms with Gasteiger partial charge < -0.3 is 9.64 Å². The lowest BCUT2D eigenvalue weighted by Crippen LogP contribution is -2.54. The normalized spacial score (nSPS) is 30.7. The number of carbonyl (C=O) groups is 1. The second-order valence-electron chi connectivity index (χ2n) is 5.51. The van der Waals surface area contributed by atoms with Gasteiger partial charge in [0.05, 0.1) is 25.4 Å². The van der Waals surface area contributed by atoms with Crippen LogP contribution in [0.2, 0.25) is 0 Å². The summed E-state index contributed by atoms with van der Waals surface area (Å²) in [6, 6.07) is -0.0451. The minimum atomic E-state index is -0.464. The van der Waals surface area contributed by atoms with Crippen LogP contribution in [0.3, 0.4) is 0 Å².